The minimum Gasteiger partial charge on any atom is -0.350 e. The predicted octanol–water partition coefficient (Wildman–Crippen LogP) is 8.06. The van der Waals surface area contributed by atoms with E-state index in [1.54, 1.807) is 0 Å². The first kappa shape index (κ1) is 25.7. The Kier molecular flexibility index (Phi) is 6.93. The van der Waals surface area contributed by atoms with Crippen molar-refractivity contribution in [3.63, 3.8) is 0 Å². The van der Waals surface area contributed by atoms with Crippen molar-refractivity contribution in [1.29, 1.82) is 5.26 Å². The minimum atomic E-state index is -0.181. The molecule has 1 aliphatic heterocycles. The maximum absolute atomic E-state index is 10.1. The number of amidine groups is 1. The zero-order chi connectivity index (χ0) is 28.3. The van der Waals surface area contributed by atoms with E-state index in [9.17, 15) is 5.26 Å². The fraction of sp³-hybridized carbons (Fsp3) is 0.105. The number of allylic oxidation sites excluding steroid dienone is 6. The molecular weight excluding hydrogens is 512 g/mol. The van der Waals surface area contributed by atoms with Crippen molar-refractivity contribution < 1.29 is 0 Å². The first-order valence-corrected chi connectivity index (χ1v) is 14.4. The highest BCUT2D eigenvalue weighted by atomic mass is 15.3. The molecule has 2 N–H and O–H groups in total. The van der Waals surface area contributed by atoms with E-state index in [2.05, 4.69) is 138 Å². The first-order chi connectivity index (χ1) is 20.7. The Hall–Kier alpha value is -5.24. The highest BCUT2D eigenvalue weighted by Crippen LogP contribution is 2.39. The molecule has 4 aromatic rings. The molecule has 0 aromatic heterocycles. The average molecular weight is 543 g/mol. The van der Waals surface area contributed by atoms with E-state index in [1.165, 1.54) is 11.1 Å². The van der Waals surface area contributed by atoms with Crippen molar-refractivity contribution in [2.45, 2.75) is 18.8 Å². The average Bonchev–Trinajstić information content (AvgIpc) is 3.08. The van der Waals surface area contributed by atoms with Gasteiger partial charge in [0.2, 0.25) is 0 Å². The predicted molar refractivity (Wildman–Crippen MR) is 170 cm³/mol. The van der Waals surface area contributed by atoms with Crippen LogP contribution in [0.5, 0.6) is 0 Å². The zero-order valence-corrected chi connectivity index (χ0v) is 23.1. The molecule has 0 bridgehead atoms. The molecule has 3 aliphatic rings. The van der Waals surface area contributed by atoms with Crippen LogP contribution in [0.4, 0.5) is 0 Å². The molecule has 0 amide bonds. The highest BCUT2D eigenvalue weighted by Gasteiger charge is 2.30. The lowest BCUT2D eigenvalue weighted by Gasteiger charge is -2.34. The van der Waals surface area contributed by atoms with Gasteiger partial charge < -0.3 is 5.32 Å². The molecule has 0 fully saturated rings. The quantitative estimate of drug-likeness (QED) is 0.268. The molecule has 4 nitrogen and oxygen atoms in total. The maximum Gasteiger partial charge on any atom is 0.131 e. The number of benzene rings is 4. The van der Waals surface area contributed by atoms with Crippen LogP contribution >= 0.6 is 0 Å². The summed E-state index contributed by atoms with van der Waals surface area (Å²) in [5.74, 6) is 0.917. The third kappa shape index (κ3) is 5.14. The van der Waals surface area contributed by atoms with Gasteiger partial charge in [-0.05, 0) is 57.5 Å². The van der Waals surface area contributed by atoms with Gasteiger partial charge in [0.25, 0.3) is 0 Å². The van der Waals surface area contributed by atoms with Gasteiger partial charge in [-0.1, -0.05) is 127 Å². The Balaban J connectivity index is 1.22. The standard InChI is InChI=1S/C38H30N4/c39-25-34-24-32(28-18-16-27(17-19-28)26-10-4-1-5-11-26)23-33-22-31(20-21-35(33)34)38-41-36(29-12-6-2-7-13-29)40-37(42-38)30-14-8-3-9-15-30/h1-20,22-24,35-37,40H,21H2,(H,41,42). The second-order valence-corrected chi connectivity index (χ2v) is 10.8. The molecular formula is C38H30N4. The van der Waals surface area contributed by atoms with E-state index in [-0.39, 0.29) is 18.2 Å². The van der Waals surface area contributed by atoms with Crippen LogP contribution in [-0.4, -0.2) is 5.84 Å². The molecule has 4 aromatic carbocycles. The van der Waals surface area contributed by atoms with Crippen LogP contribution in [0, 0.1) is 17.2 Å². The number of nitrogens with one attached hydrogen (secondary N) is 2. The molecule has 3 unspecified atom stereocenters. The summed E-state index contributed by atoms with van der Waals surface area (Å²) in [6, 6.07) is 42.2. The second kappa shape index (κ2) is 11.3. The van der Waals surface area contributed by atoms with Gasteiger partial charge in [0.15, 0.2) is 0 Å². The smallest absolute Gasteiger partial charge is 0.131 e. The summed E-state index contributed by atoms with van der Waals surface area (Å²) in [7, 11) is 0. The van der Waals surface area contributed by atoms with Gasteiger partial charge >= 0.3 is 0 Å². The van der Waals surface area contributed by atoms with Crippen molar-refractivity contribution in [3.8, 4) is 17.2 Å². The fourth-order valence-electron chi connectivity index (χ4n) is 5.91. The van der Waals surface area contributed by atoms with Crippen LogP contribution in [0.2, 0.25) is 0 Å². The van der Waals surface area contributed by atoms with E-state index < -0.39 is 0 Å². The van der Waals surface area contributed by atoms with Crippen LogP contribution in [0.25, 0.3) is 16.7 Å². The zero-order valence-electron chi connectivity index (χ0n) is 23.1. The summed E-state index contributed by atoms with van der Waals surface area (Å²) in [6.45, 7) is 0. The van der Waals surface area contributed by atoms with Gasteiger partial charge in [0, 0.05) is 17.1 Å². The van der Waals surface area contributed by atoms with E-state index in [1.807, 2.05) is 18.2 Å². The topological polar surface area (TPSA) is 60.2 Å². The van der Waals surface area contributed by atoms with Crippen molar-refractivity contribution in [2.24, 2.45) is 10.9 Å². The largest absolute Gasteiger partial charge is 0.350 e. The summed E-state index contributed by atoms with van der Waals surface area (Å²) < 4.78 is 0. The maximum atomic E-state index is 10.1. The van der Waals surface area contributed by atoms with Crippen LogP contribution in [0.3, 0.4) is 0 Å². The molecule has 4 heteroatoms. The Morgan fingerprint density at radius 2 is 1.26 bits per heavy atom. The van der Waals surface area contributed by atoms with Crippen LogP contribution in [0.1, 0.15) is 35.4 Å². The Labute approximate surface area is 246 Å². The van der Waals surface area contributed by atoms with Crippen LogP contribution in [-0.2, 0) is 0 Å². The van der Waals surface area contributed by atoms with Crippen molar-refractivity contribution in [3.05, 3.63) is 173 Å². The van der Waals surface area contributed by atoms with Gasteiger partial charge in [-0.15, -0.1) is 0 Å². The molecule has 0 radical (unpaired) electrons. The molecule has 7 rings (SSSR count). The number of hydrogen-bond donors (Lipinski definition) is 2. The van der Waals surface area contributed by atoms with E-state index in [0.717, 1.165) is 51.2 Å². The summed E-state index contributed by atoms with van der Waals surface area (Å²) in [4.78, 5) is 5.13. The van der Waals surface area contributed by atoms with Gasteiger partial charge in [-0.2, -0.15) is 5.26 Å². The normalized spacial score (nSPS) is 21.3. The Bertz CT molecular complexity index is 1790. The van der Waals surface area contributed by atoms with E-state index in [0.29, 0.717) is 0 Å². The third-order valence-electron chi connectivity index (χ3n) is 8.15. The molecule has 0 spiro atoms. The molecule has 202 valence electrons. The van der Waals surface area contributed by atoms with Gasteiger partial charge in [0.05, 0.1) is 6.07 Å². The lowest BCUT2D eigenvalue weighted by Crippen LogP contribution is -2.45. The SMILES string of the molecule is N#CC1=CC(c2ccc(-c3ccccc3)cc2)=CC2=CC(C3=NC(c4ccccc4)NC(c4ccccc4)N3)=CCC12. The molecule has 3 atom stereocenters. The van der Waals surface area contributed by atoms with Gasteiger partial charge in [0.1, 0.15) is 18.2 Å². The molecule has 42 heavy (non-hydrogen) atoms. The van der Waals surface area contributed by atoms with Crippen molar-refractivity contribution in [1.82, 2.24) is 10.6 Å². The number of rotatable bonds is 5. The molecule has 2 aliphatic carbocycles. The van der Waals surface area contributed by atoms with Crippen molar-refractivity contribution in [2.75, 3.05) is 0 Å². The molecule has 0 saturated heterocycles. The van der Waals surface area contributed by atoms with Crippen molar-refractivity contribution >= 4 is 11.4 Å². The number of fused-ring (bicyclic) bond motifs is 1. The third-order valence-corrected chi connectivity index (χ3v) is 8.15. The number of aliphatic imine (C=N–C) groups is 1. The summed E-state index contributed by atoms with van der Waals surface area (Å²) in [5, 5.41) is 17.4. The highest BCUT2D eigenvalue weighted by molar-refractivity contribution is 6.02. The lowest BCUT2D eigenvalue weighted by molar-refractivity contribution is 0.409. The second-order valence-electron chi connectivity index (χ2n) is 10.8. The molecule has 1 heterocycles. The first-order valence-electron chi connectivity index (χ1n) is 14.4. The number of nitriles is 1. The fourth-order valence-corrected chi connectivity index (χ4v) is 5.91. The number of hydrogen-bond acceptors (Lipinski definition) is 4. The van der Waals surface area contributed by atoms with E-state index in [4.69, 9.17) is 4.99 Å². The van der Waals surface area contributed by atoms with Gasteiger partial charge in [-0.25, -0.2) is 4.99 Å². The van der Waals surface area contributed by atoms with Crippen LogP contribution < -0.4 is 10.6 Å². The van der Waals surface area contributed by atoms with E-state index >= 15 is 0 Å². The van der Waals surface area contributed by atoms with Crippen LogP contribution in [0.15, 0.2) is 161 Å². The monoisotopic (exact) mass is 542 g/mol. The van der Waals surface area contributed by atoms with Gasteiger partial charge in [-0.3, -0.25) is 5.32 Å². The Morgan fingerprint density at radius 1 is 0.643 bits per heavy atom. The lowest BCUT2D eigenvalue weighted by atomic mass is 9.77. The minimum absolute atomic E-state index is 0.0586. The Morgan fingerprint density at radius 3 is 1.95 bits per heavy atom. The molecule has 0 saturated carbocycles. The summed E-state index contributed by atoms with van der Waals surface area (Å²) >= 11 is 0. The summed E-state index contributed by atoms with van der Waals surface area (Å²) in [5.41, 5.74) is 9.79. The number of nitrogens with zero attached hydrogens (tertiary/aromatic N) is 2. The summed E-state index contributed by atoms with van der Waals surface area (Å²) in [6.07, 6.45) is 9.20.